The molecule has 0 aliphatic rings. The summed E-state index contributed by atoms with van der Waals surface area (Å²) in [5.74, 6) is 0.234. The van der Waals surface area contributed by atoms with E-state index >= 15 is 0 Å². The molecule has 0 aliphatic heterocycles. The lowest BCUT2D eigenvalue weighted by Gasteiger charge is -2.17. The van der Waals surface area contributed by atoms with Crippen molar-refractivity contribution in [2.75, 3.05) is 13.7 Å². The number of rotatable bonds is 6. The van der Waals surface area contributed by atoms with E-state index in [-0.39, 0.29) is 11.9 Å². The predicted molar refractivity (Wildman–Crippen MR) is 82.8 cm³/mol. The zero-order chi connectivity index (χ0) is 15.2. The molecule has 2 rings (SSSR count). The summed E-state index contributed by atoms with van der Waals surface area (Å²) < 4.78 is 19.7. The van der Waals surface area contributed by atoms with Crippen molar-refractivity contribution in [1.82, 2.24) is 15.5 Å². The largest absolute Gasteiger partial charge is 0.480 e. The molecular formula is C15H17BrFN3O. The molecule has 112 valence electrons. The fourth-order valence-electron chi connectivity index (χ4n) is 2.06. The van der Waals surface area contributed by atoms with Gasteiger partial charge in [0, 0.05) is 10.5 Å². The molecule has 1 aromatic heterocycles. The van der Waals surface area contributed by atoms with Crippen LogP contribution in [0, 0.1) is 5.82 Å². The van der Waals surface area contributed by atoms with Crippen molar-refractivity contribution in [2.24, 2.45) is 0 Å². The minimum Gasteiger partial charge on any atom is -0.480 e. The van der Waals surface area contributed by atoms with Crippen molar-refractivity contribution >= 4 is 15.9 Å². The smallest absolute Gasteiger partial charge is 0.233 e. The zero-order valence-electron chi connectivity index (χ0n) is 11.9. The first-order chi connectivity index (χ1) is 10.1. The van der Waals surface area contributed by atoms with Gasteiger partial charge in [0.1, 0.15) is 5.82 Å². The molecule has 21 heavy (non-hydrogen) atoms. The van der Waals surface area contributed by atoms with Gasteiger partial charge in [0.05, 0.1) is 18.8 Å². The molecule has 1 atom stereocenters. The molecule has 0 amide bonds. The summed E-state index contributed by atoms with van der Waals surface area (Å²) in [7, 11) is 1.54. The molecule has 0 fully saturated rings. The Morgan fingerprint density at radius 2 is 2.10 bits per heavy atom. The van der Waals surface area contributed by atoms with Gasteiger partial charge in [-0.25, -0.2) is 4.39 Å². The van der Waals surface area contributed by atoms with Crippen molar-refractivity contribution in [2.45, 2.75) is 19.4 Å². The van der Waals surface area contributed by atoms with E-state index in [1.807, 2.05) is 19.1 Å². The van der Waals surface area contributed by atoms with Crippen LogP contribution < -0.4 is 10.1 Å². The second-order valence-electron chi connectivity index (χ2n) is 4.55. The quantitative estimate of drug-likeness (QED) is 0.865. The van der Waals surface area contributed by atoms with Gasteiger partial charge in [-0.3, -0.25) is 0 Å². The lowest BCUT2D eigenvalue weighted by Crippen LogP contribution is -2.24. The highest BCUT2D eigenvalue weighted by molar-refractivity contribution is 9.10. The number of nitrogens with one attached hydrogen (secondary N) is 1. The van der Waals surface area contributed by atoms with Gasteiger partial charge >= 0.3 is 0 Å². The maximum absolute atomic E-state index is 14.0. The Morgan fingerprint density at radius 1 is 1.29 bits per heavy atom. The van der Waals surface area contributed by atoms with E-state index in [2.05, 4.69) is 31.4 Å². The Kier molecular flexibility index (Phi) is 5.64. The molecule has 2 aromatic rings. The summed E-state index contributed by atoms with van der Waals surface area (Å²) >= 11 is 3.26. The fourth-order valence-corrected chi connectivity index (χ4v) is 2.39. The number of hydrogen-bond donors (Lipinski definition) is 1. The molecule has 0 saturated carbocycles. The van der Waals surface area contributed by atoms with Crippen LogP contribution in [0.4, 0.5) is 4.39 Å². The molecule has 1 unspecified atom stereocenters. The predicted octanol–water partition coefficient (Wildman–Crippen LogP) is 3.28. The first-order valence-corrected chi connectivity index (χ1v) is 7.48. The maximum atomic E-state index is 14.0. The molecule has 0 radical (unpaired) electrons. The van der Waals surface area contributed by atoms with E-state index < -0.39 is 0 Å². The van der Waals surface area contributed by atoms with Crippen LogP contribution in [0.25, 0.3) is 0 Å². The maximum Gasteiger partial charge on any atom is 0.233 e. The average Bonchev–Trinajstić information content (AvgIpc) is 2.49. The SMILES string of the molecule is CCNC(Cc1ccc(Br)cc1F)c1ccc(OC)nn1. The highest BCUT2D eigenvalue weighted by Crippen LogP contribution is 2.22. The van der Waals surface area contributed by atoms with E-state index in [4.69, 9.17) is 4.74 Å². The van der Waals surface area contributed by atoms with E-state index in [0.29, 0.717) is 17.9 Å². The lowest BCUT2D eigenvalue weighted by molar-refractivity contribution is 0.389. The number of likely N-dealkylation sites (N-methyl/N-ethyl adjacent to an activating group) is 1. The lowest BCUT2D eigenvalue weighted by atomic mass is 10.0. The molecule has 0 bridgehead atoms. The fraction of sp³-hybridized carbons (Fsp3) is 0.333. The van der Waals surface area contributed by atoms with Gasteiger partial charge in [-0.2, -0.15) is 5.10 Å². The average molecular weight is 354 g/mol. The molecule has 6 heteroatoms. The monoisotopic (exact) mass is 353 g/mol. The van der Waals surface area contributed by atoms with E-state index in [1.165, 1.54) is 6.07 Å². The Labute approximate surface area is 131 Å². The zero-order valence-corrected chi connectivity index (χ0v) is 13.5. The minimum absolute atomic E-state index is 0.0934. The van der Waals surface area contributed by atoms with Crippen LogP contribution in [0.1, 0.15) is 24.2 Å². The Hall–Kier alpha value is -1.53. The summed E-state index contributed by atoms with van der Waals surface area (Å²) in [6, 6.07) is 8.59. The number of aromatic nitrogens is 2. The third-order valence-corrected chi connectivity index (χ3v) is 3.61. The van der Waals surface area contributed by atoms with Gasteiger partial charge in [-0.1, -0.05) is 28.9 Å². The molecule has 0 spiro atoms. The Balaban J connectivity index is 2.21. The molecular weight excluding hydrogens is 337 g/mol. The van der Waals surface area contributed by atoms with Crippen LogP contribution >= 0.6 is 15.9 Å². The number of benzene rings is 1. The standard InChI is InChI=1S/C15H17BrFN3O/c1-3-18-14(13-6-7-15(21-2)20-19-13)8-10-4-5-11(16)9-12(10)17/h4-7,9,14,18H,3,8H2,1-2H3. The van der Waals surface area contributed by atoms with Crippen LogP contribution in [0.5, 0.6) is 5.88 Å². The van der Waals surface area contributed by atoms with Gasteiger partial charge in [0.25, 0.3) is 0 Å². The molecule has 4 nitrogen and oxygen atoms in total. The van der Waals surface area contributed by atoms with Gasteiger partial charge in [-0.05, 0) is 36.7 Å². The van der Waals surface area contributed by atoms with Crippen molar-refractivity contribution in [3.63, 3.8) is 0 Å². The van der Waals surface area contributed by atoms with Crippen molar-refractivity contribution in [3.8, 4) is 5.88 Å². The van der Waals surface area contributed by atoms with Crippen LogP contribution in [0.3, 0.4) is 0 Å². The van der Waals surface area contributed by atoms with Gasteiger partial charge in [0.2, 0.25) is 5.88 Å². The molecule has 1 N–H and O–H groups in total. The van der Waals surface area contributed by atoms with Gasteiger partial charge in [0.15, 0.2) is 0 Å². The normalized spacial score (nSPS) is 12.2. The van der Waals surface area contributed by atoms with Crippen molar-refractivity contribution in [3.05, 3.63) is 51.9 Å². The van der Waals surface area contributed by atoms with Crippen molar-refractivity contribution in [1.29, 1.82) is 0 Å². The van der Waals surface area contributed by atoms with Crippen LogP contribution in [0.2, 0.25) is 0 Å². The number of nitrogens with zero attached hydrogens (tertiary/aromatic N) is 2. The van der Waals surface area contributed by atoms with Crippen molar-refractivity contribution < 1.29 is 9.13 Å². The highest BCUT2D eigenvalue weighted by Gasteiger charge is 2.16. The molecule has 0 saturated heterocycles. The molecule has 1 aromatic carbocycles. The van der Waals surface area contributed by atoms with Crippen LogP contribution in [0.15, 0.2) is 34.8 Å². The third kappa shape index (κ3) is 4.22. The van der Waals surface area contributed by atoms with Gasteiger partial charge in [-0.15, -0.1) is 5.10 Å². The second-order valence-corrected chi connectivity index (χ2v) is 5.47. The van der Waals surface area contributed by atoms with E-state index in [9.17, 15) is 4.39 Å². The molecule has 1 heterocycles. The first-order valence-electron chi connectivity index (χ1n) is 6.69. The summed E-state index contributed by atoms with van der Waals surface area (Å²) in [6.07, 6.45) is 0.508. The number of hydrogen-bond acceptors (Lipinski definition) is 4. The second kappa shape index (κ2) is 7.47. The summed E-state index contributed by atoms with van der Waals surface area (Å²) in [5.41, 5.74) is 1.40. The minimum atomic E-state index is -0.228. The summed E-state index contributed by atoms with van der Waals surface area (Å²) in [4.78, 5) is 0. The Morgan fingerprint density at radius 3 is 2.67 bits per heavy atom. The highest BCUT2D eigenvalue weighted by atomic mass is 79.9. The van der Waals surface area contributed by atoms with Gasteiger partial charge < -0.3 is 10.1 Å². The first kappa shape index (κ1) is 15.9. The third-order valence-electron chi connectivity index (χ3n) is 3.12. The Bertz CT molecular complexity index is 592. The van der Waals surface area contributed by atoms with Crippen LogP contribution in [-0.2, 0) is 6.42 Å². The van der Waals surface area contributed by atoms with E-state index in [1.54, 1.807) is 19.2 Å². The summed E-state index contributed by atoms with van der Waals surface area (Å²) in [6.45, 7) is 2.76. The number of methoxy groups -OCH3 is 1. The molecule has 0 aliphatic carbocycles. The number of halogens is 2. The van der Waals surface area contributed by atoms with E-state index in [0.717, 1.165) is 16.7 Å². The number of ether oxygens (including phenoxy) is 1. The van der Waals surface area contributed by atoms with Crippen LogP contribution in [-0.4, -0.2) is 23.9 Å². The topological polar surface area (TPSA) is 47.0 Å². The summed E-state index contributed by atoms with van der Waals surface area (Å²) in [5, 5.41) is 11.4.